The van der Waals surface area contributed by atoms with Gasteiger partial charge in [-0.1, -0.05) is 36.4 Å². The lowest BCUT2D eigenvalue weighted by Gasteiger charge is -2.23. The van der Waals surface area contributed by atoms with E-state index in [1.807, 2.05) is 42.5 Å². The molecule has 1 aliphatic carbocycles. The molecule has 0 unspecified atom stereocenters. The molecule has 146 valence electrons. The molecule has 0 saturated carbocycles. The number of carbonyl (C=O) groups is 2. The number of amides is 1. The molecule has 2 aromatic carbocycles. The lowest BCUT2D eigenvalue weighted by molar-refractivity contribution is -0.162. The van der Waals surface area contributed by atoms with Gasteiger partial charge in [-0.15, -0.1) is 0 Å². The van der Waals surface area contributed by atoms with Crippen molar-refractivity contribution in [3.8, 4) is 5.75 Å². The van der Waals surface area contributed by atoms with E-state index >= 15 is 0 Å². The summed E-state index contributed by atoms with van der Waals surface area (Å²) in [6.45, 7) is 1.21. The van der Waals surface area contributed by atoms with Gasteiger partial charge in [0.25, 0.3) is 5.91 Å². The van der Waals surface area contributed by atoms with Crippen LogP contribution in [0.15, 0.2) is 48.5 Å². The van der Waals surface area contributed by atoms with Crippen LogP contribution in [0.5, 0.6) is 5.75 Å². The molecule has 4 rings (SSSR count). The van der Waals surface area contributed by atoms with Crippen LogP contribution in [0.2, 0.25) is 0 Å². The number of hydrogen-bond acceptors (Lipinski definition) is 4. The number of nitrogens with zero attached hydrogens (tertiary/aromatic N) is 1. The minimum absolute atomic E-state index is 0.158. The average Bonchev–Trinajstić information content (AvgIpc) is 3.42. The van der Waals surface area contributed by atoms with Crippen LogP contribution in [0.3, 0.4) is 0 Å². The molecule has 1 amide bonds. The zero-order valence-electron chi connectivity index (χ0n) is 15.9. The Morgan fingerprint density at radius 3 is 2.46 bits per heavy atom. The molecule has 2 aliphatic rings. The van der Waals surface area contributed by atoms with Crippen molar-refractivity contribution in [2.24, 2.45) is 0 Å². The Bertz CT molecular complexity index is 843. The number of hydrogen-bond donors (Lipinski definition) is 0. The van der Waals surface area contributed by atoms with Crippen molar-refractivity contribution < 1.29 is 19.1 Å². The zero-order valence-corrected chi connectivity index (χ0v) is 15.9. The van der Waals surface area contributed by atoms with Crippen LogP contribution >= 0.6 is 0 Å². The number of likely N-dealkylation sites (tertiary alicyclic amines) is 1. The summed E-state index contributed by atoms with van der Waals surface area (Å²) in [5, 5.41) is 0. The summed E-state index contributed by atoms with van der Waals surface area (Å²) in [5.41, 5.74) is 3.33. The first-order valence-electron chi connectivity index (χ1n) is 9.98. The summed E-state index contributed by atoms with van der Waals surface area (Å²) < 4.78 is 11.2. The Hall–Kier alpha value is -2.82. The summed E-state index contributed by atoms with van der Waals surface area (Å²) in [7, 11) is 0. The van der Waals surface area contributed by atoms with Gasteiger partial charge < -0.3 is 14.4 Å². The highest BCUT2D eigenvalue weighted by molar-refractivity contribution is 5.85. The van der Waals surface area contributed by atoms with Crippen LogP contribution < -0.4 is 4.74 Å². The van der Waals surface area contributed by atoms with Crippen LogP contribution in [-0.2, 0) is 27.2 Å². The summed E-state index contributed by atoms with van der Waals surface area (Å²) in [6, 6.07) is 15.1. The second kappa shape index (κ2) is 8.46. The molecule has 5 heteroatoms. The molecule has 5 nitrogen and oxygen atoms in total. The predicted molar refractivity (Wildman–Crippen MR) is 105 cm³/mol. The Kier molecular flexibility index (Phi) is 5.60. The second-order valence-electron chi connectivity index (χ2n) is 7.39. The molecule has 1 aliphatic heterocycles. The van der Waals surface area contributed by atoms with Crippen molar-refractivity contribution in [3.05, 3.63) is 65.2 Å². The maximum atomic E-state index is 12.9. The van der Waals surface area contributed by atoms with Crippen molar-refractivity contribution in [2.75, 3.05) is 19.7 Å². The quantitative estimate of drug-likeness (QED) is 0.722. The van der Waals surface area contributed by atoms with Crippen LogP contribution in [0.25, 0.3) is 0 Å². The van der Waals surface area contributed by atoms with E-state index in [0.717, 1.165) is 32.1 Å². The van der Waals surface area contributed by atoms with E-state index in [4.69, 9.17) is 9.47 Å². The largest absolute Gasteiger partial charge is 0.482 e. The summed E-state index contributed by atoms with van der Waals surface area (Å²) >= 11 is 0. The fourth-order valence-corrected chi connectivity index (χ4v) is 3.94. The van der Waals surface area contributed by atoms with Gasteiger partial charge in [-0.3, -0.25) is 4.79 Å². The SMILES string of the molecule is O=C(COc1ccc2c(c1)CCC2)O[C@H](C(=O)N1CCCC1)c1ccccc1. The van der Waals surface area contributed by atoms with Crippen LogP contribution in [0, 0.1) is 0 Å². The van der Waals surface area contributed by atoms with Crippen LogP contribution in [0.4, 0.5) is 0 Å². The topological polar surface area (TPSA) is 55.8 Å². The Balaban J connectivity index is 1.41. The maximum absolute atomic E-state index is 12.9. The molecule has 0 N–H and O–H groups in total. The molecule has 28 heavy (non-hydrogen) atoms. The van der Waals surface area contributed by atoms with Crippen molar-refractivity contribution >= 4 is 11.9 Å². The molecule has 1 saturated heterocycles. The third-order valence-electron chi connectivity index (χ3n) is 5.42. The maximum Gasteiger partial charge on any atom is 0.345 e. The van der Waals surface area contributed by atoms with E-state index in [2.05, 4.69) is 6.07 Å². The molecule has 0 spiro atoms. The van der Waals surface area contributed by atoms with Gasteiger partial charge in [-0.25, -0.2) is 4.79 Å². The second-order valence-corrected chi connectivity index (χ2v) is 7.39. The lowest BCUT2D eigenvalue weighted by Crippen LogP contribution is -2.35. The molecule has 1 atom stereocenters. The first-order chi connectivity index (χ1) is 13.7. The van der Waals surface area contributed by atoms with E-state index in [-0.39, 0.29) is 12.5 Å². The molecule has 0 bridgehead atoms. The van der Waals surface area contributed by atoms with E-state index in [1.165, 1.54) is 11.1 Å². The first kappa shape index (κ1) is 18.5. The highest BCUT2D eigenvalue weighted by atomic mass is 16.6. The van der Waals surface area contributed by atoms with Gasteiger partial charge in [0.2, 0.25) is 6.10 Å². The fraction of sp³-hybridized carbons (Fsp3) is 0.391. The standard InChI is InChI=1S/C23H25NO4/c25-21(16-27-20-12-11-17-9-6-10-19(17)15-20)28-22(18-7-2-1-3-8-18)23(26)24-13-4-5-14-24/h1-3,7-8,11-12,15,22H,4-6,9-10,13-14,16H2/t22-/m0/s1. The molecule has 1 fully saturated rings. The summed E-state index contributed by atoms with van der Waals surface area (Å²) in [4.78, 5) is 27.1. The number of carbonyl (C=O) groups excluding carboxylic acids is 2. The van der Waals surface area contributed by atoms with Gasteiger partial charge in [0.1, 0.15) is 5.75 Å². The molecular formula is C23H25NO4. The highest BCUT2D eigenvalue weighted by Crippen LogP contribution is 2.26. The minimum atomic E-state index is -0.921. The number of fused-ring (bicyclic) bond motifs is 1. The number of esters is 1. The normalized spacial score (nSPS) is 16.5. The third-order valence-corrected chi connectivity index (χ3v) is 5.42. The Morgan fingerprint density at radius 2 is 1.68 bits per heavy atom. The van der Waals surface area contributed by atoms with Gasteiger partial charge in [-0.05, 0) is 55.4 Å². The zero-order chi connectivity index (χ0) is 19.3. The van der Waals surface area contributed by atoms with Crippen LogP contribution in [-0.4, -0.2) is 36.5 Å². The van der Waals surface area contributed by atoms with E-state index < -0.39 is 12.1 Å². The highest BCUT2D eigenvalue weighted by Gasteiger charge is 2.31. The fourth-order valence-electron chi connectivity index (χ4n) is 3.94. The van der Waals surface area contributed by atoms with Gasteiger partial charge in [0, 0.05) is 18.7 Å². The van der Waals surface area contributed by atoms with Crippen LogP contribution in [0.1, 0.15) is 42.1 Å². The molecule has 0 aromatic heterocycles. The summed E-state index contributed by atoms with van der Waals surface area (Å²) in [5.74, 6) is -0.0313. The van der Waals surface area contributed by atoms with E-state index in [9.17, 15) is 9.59 Å². The minimum Gasteiger partial charge on any atom is -0.482 e. The number of aryl methyl sites for hydroxylation is 2. The molecule has 0 radical (unpaired) electrons. The van der Waals surface area contributed by atoms with Crippen molar-refractivity contribution in [1.82, 2.24) is 4.90 Å². The van der Waals surface area contributed by atoms with E-state index in [0.29, 0.717) is 24.4 Å². The van der Waals surface area contributed by atoms with Gasteiger partial charge >= 0.3 is 5.97 Å². The van der Waals surface area contributed by atoms with Gasteiger partial charge in [0.05, 0.1) is 0 Å². The molecule has 1 heterocycles. The smallest absolute Gasteiger partial charge is 0.345 e. The first-order valence-corrected chi connectivity index (χ1v) is 9.98. The van der Waals surface area contributed by atoms with E-state index in [1.54, 1.807) is 4.90 Å². The van der Waals surface area contributed by atoms with Gasteiger partial charge in [0.15, 0.2) is 6.61 Å². The Labute approximate surface area is 165 Å². The Morgan fingerprint density at radius 1 is 0.929 bits per heavy atom. The lowest BCUT2D eigenvalue weighted by atomic mass is 10.1. The summed E-state index contributed by atoms with van der Waals surface area (Å²) in [6.07, 6.45) is 4.38. The van der Waals surface area contributed by atoms with Crippen molar-refractivity contribution in [3.63, 3.8) is 0 Å². The number of rotatable bonds is 6. The monoisotopic (exact) mass is 379 g/mol. The predicted octanol–water partition coefficient (Wildman–Crippen LogP) is 3.46. The molecule has 2 aromatic rings. The molecular weight excluding hydrogens is 354 g/mol. The average molecular weight is 379 g/mol. The van der Waals surface area contributed by atoms with Gasteiger partial charge in [-0.2, -0.15) is 0 Å². The number of ether oxygens (including phenoxy) is 2. The third kappa shape index (κ3) is 4.19. The van der Waals surface area contributed by atoms with Crippen molar-refractivity contribution in [1.29, 1.82) is 0 Å². The number of benzene rings is 2. The van der Waals surface area contributed by atoms with Crippen molar-refractivity contribution in [2.45, 2.75) is 38.2 Å².